The summed E-state index contributed by atoms with van der Waals surface area (Å²) in [5, 5.41) is 0.745. The van der Waals surface area contributed by atoms with Crippen LogP contribution >= 0.6 is 66.1 Å². The number of alkyl halides is 1. The Bertz CT molecular complexity index is 664. The Morgan fingerprint density at radius 3 is 2.29 bits per heavy atom. The van der Waals surface area contributed by atoms with Crippen molar-refractivity contribution in [2.45, 2.75) is 4.83 Å². The molecular formula is C15H12Br2ClIO2. The fourth-order valence-electron chi connectivity index (χ4n) is 1.91. The van der Waals surface area contributed by atoms with Crippen molar-refractivity contribution in [2.75, 3.05) is 14.2 Å². The molecule has 0 amide bonds. The number of hydrogen-bond acceptors (Lipinski definition) is 2. The molecule has 1 atom stereocenters. The fourth-order valence-corrected chi connectivity index (χ4v) is 3.96. The Morgan fingerprint density at radius 1 is 1.10 bits per heavy atom. The topological polar surface area (TPSA) is 18.5 Å². The first kappa shape index (κ1) is 17.4. The van der Waals surface area contributed by atoms with Gasteiger partial charge in [0.15, 0.2) is 11.5 Å². The fraction of sp³-hybridized carbons (Fsp3) is 0.200. The quantitative estimate of drug-likeness (QED) is 0.336. The second-order valence-electron chi connectivity index (χ2n) is 4.26. The maximum absolute atomic E-state index is 6.21. The second kappa shape index (κ2) is 7.53. The third-order valence-electron chi connectivity index (χ3n) is 3.01. The van der Waals surface area contributed by atoms with Gasteiger partial charge in [-0.25, -0.2) is 0 Å². The zero-order valence-electron chi connectivity index (χ0n) is 11.3. The van der Waals surface area contributed by atoms with Gasteiger partial charge in [-0.2, -0.15) is 0 Å². The van der Waals surface area contributed by atoms with Crippen LogP contribution in [-0.2, 0) is 0 Å². The van der Waals surface area contributed by atoms with E-state index in [0.717, 1.165) is 24.2 Å². The van der Waals surface area contributed by atoms with Crippen molar-refractivity contribution in [2.24, 2.45) is 0 Å². The van der Waals surface area contributed by atoms with Gasteiger partial charge in [-0.1, -0.05) is 49.5 Å². The van der Waals surface area contributed by atoms with Crippen molar-refractivity contribution in [3.63, 3.8) is 0 Å². The third kappa shape index (κ3) is 3.86. The summed E-state index contributed by atoms with van der Waals surface area (Å²) in [4.78, 5) is 0.00109. The summed E-state index contributed by atoms with van der Waals surface area (Å²) in [5.74, 6) is 1.38. The number of methoxy groups -OCH3 is 2. The molecule has 0 bridgehead atoms. The highest BCUT2D eigenvalue weighted by atomic mass is 127. The van der Waals surface area contributed by atoms with Crippen molar-refractivity contribution >= 4 is 66.1 Å². The Balaban J connectivity index is 2.47. The standard InChI is InChI=1S/C15H12Br2ClIO2/c1-20-13-6-9(10(16)7-14(13)21-2)15(17)8-3-4-12(19)11(18)5-8/h3-7,15H,1-2H3. The van der Waals surface area contributed by atoms with E-state index in [1.165, 1.54) is 0 Å². The summed E-state index contributed by atoms with van der Waals surface area (Å²) >= 11 is 15.7. The van der Waals surface area contributed by atoms with Crippen LogP contribution < -0.4 is 9.47 Å². The van der Waals surface area contributed by atoms with Crippen molar-refractivity contribution in [1.82, 2.24) is 0 Å². The van der Waals surface area contributed by atoms with Gasteiger partial charge in [-0.15, -0.1) is 0 Å². The highest BCUT2D eigenvalue weighted by molar-refractivity contribution is 14.1. The normalized spacial score (nSPS) is 12.1. The summed E-state index contributed by atoms with van der Waals surface area (Å²) in [6.07, 6.45) is 0. The first-order valence-corrected chi connectivity index (χ1v) is 9.15. The second-order valence-corrected chi connectivity index (χ2v) is 7.60. The van der Waals surface area contributed by atoms with Gasteiger partial charge in [0.2, 0.25) is 0 Å². The first-order valence-electron chi connectivity index (χ1n) is 5.98. The van der Waals surface area contributed by atoms with Crippen molar-refractivity contribution in [1.29, 1.82) is 0 Å². The summed E-state index contributed by atoms with van der Waals surface area (Å²) in [5.41, 5.74) is 2.12. The molecule has 0 aliphatic rings. The lowest BCUT2D eigenvalue weighted by Crippen LogP contribution is -1.98. The van der Waals surface area contributed by atoms with Crippen LogP contribution in [0.5, 0.6) is 11.5 Å². The number of halogens is 4. The van der Waals surface area contributed by atoms with Crippen molar-refractivity contribution < 1.29 is 9.47 Å². The number of rotatable bonds is 4. The summed E-state index contributed by atoms with van der Waals surface area (Å²) < 4.78 is 12.6. The lowest BCUT2D eigenvalue weighted by Gasteiger charge is -2.17. The molecule has 6 heteroatoms. The molecule has 0 aliphatic heterocycles. The van der Waals surface area contributed by atoms with Gasteiger partial charge in [0, 0.05) is 8.04 Å². The Morgan fingerprint density at radius 2 is 1.71 bits per heavy atom. The molecule has 0 radical (unpaired) electrons. The van der Waals surface area contributed by atoms with Gasteiger partial charge in [0.1, 0.15) is 0 Å². The smallest absolute Gasteiger partial charge is 0.161 e. The molecule has 0 fully saturated rings. The van der Waals surface area contributed by atoms with Gasteiger partial charge in [-0.3, -0.25) is 0 Å². The average molecular weight is 546 g/mol. The third-order valence-corrected chi connectivity index (χ3v) is 6.29. The molecule has 2 aromatic carbocycles. The lowest BCUT2D eigenvalue weighted by molar-refractivity contribution is 0.354. The van der Waals surface area contributed by atoms with E-state index in [9.17, 15) is 0 Å². The Kier molecular flexibility index (Phi) is 6.23. The van der Waals surface area contributed by atoms with Crippen molar-refractivity contribution in [3.8, 4) is 11.5 Å². The Labute approximate surface area is 159 Å². The molecule has 0 spiro atoms. The molecular weight excluding hydrogens is 534 g/mol. The zero-order chi connectivity index (χ0) is 15.6. The minimum Gasteiger partial charge on any atom is -0.493 e. The monoisotopic (exact) mass is 544 g/mol. The molecule has 1 unspecified atom stereocenters. The van der Waals surface area contributed by atoms with Crippen LogP contribution in [-0.4, -0.2) is 14.2 Å². The molecule has 2 rings (SSSR count). The average Bonchev–Trinajstić information content (AvgIpc) is 2.49. The number of ether oxygens (including phenoxy) is 2. The summed E-state index contributed by atoms with van der Waals surface area (Å²) in [6.45, 7) is 0. The van der Waals surface area contributed by atoms with Crippen LogP contribution in [0, 0.1) is 3.57 Å². The van der Waals surface area contributed by atoms with Crippen molar-refractivity contribution in [3.05, 3.63) is 54.5 Å². The Hall–Kier alpha value is 0.0200. The largest absolute Gasteiger partial charge is 0.493 e. The molecule has 0 heterocycles. The van der Waals surface area contributed by atoms with Crippen LogP contribution in [0.15, 0.2) is 34.8 Å². The number of hydrogen-bond donors (Lipinski definition) is 0. The summed E-state index contributed by atoms with van der Waals surface area (Å²) in [6, 6.07) is 9.87. The number of benzene rings is 2. The zero-order valence-corrected chi connectivity index (χ0v) is 17.4. The molecule has 21 heavy (non-hydrogen) atoms. The van der Waals surface area contributed by atoms with Crippen LogP contribution in [0.25, 0.3) is 0 Å². The maximum atomic E-state index is 6.21. The predicted molar refractivity (Wildman–Crippen MR) is 102 cm³/mol. The van der Waals surface area contributed by atoms with E-state index in [1.54, 1.807) is 14.2 Å². The van der Waals surface area contributed by atoms with Gasteiger partial charge < -0.3 is 9.47 Å². The van der Waals surface area contributed by atoms with E-state index < -0.39 is 0 Å². The molecule has 0 saturated heterocycles. The van der Waals surface area contributed by atoms with Crippen LogP contribution in [0.2, 0.25) is 5.02 Å². The highest BCUT2D eigenvalue weighted by Gasteiger charge is 2.18. The molecule has 0 N–H and O–H groups in total. The van der Waals surface area contributed by atoms with E-state index in [-0.39, 0.29) is 4.83 Å². The van der Waals surface area contributed by atoms with Gasteiger partial charge in [0.05, 0.1) is 24.1 Å². The van der Waals surface area contributed by atoms with E-state index in [1.807, 2.05) is 24.3 Å². The van der Waals surface area contributed by atoms with Gasteiger partial charge in [-0.05, 0) is 58.0 Å². The minimum atomic E-state index is 0.00109. The molecule has 0 aliphatic carbocycles. The van der Waals surface area contributed by atoms with Crippen LogP contribution in [0.4, 0.5) is 0 Å². The van der Waals surface area contributed by atoms with E-state index in [4.69, 9.17) is 21.1 Å². The summed E-state index contributed by atoms with van der Waals surface area (Å²) in [7, 11) is 3.25. The van der Waals surface area contributed by atoms with E-state index >= 15 is 0 Å². The molecule has 112 valence electrons. The SMILES string of the molecule is COc1cc(Br)c(C(Br)c2ccc(I)c(Cl)c2)cc1OC. The van der Waals surface area contributed by atoms with E-state index in [0.29, 0.717) is 11.5 Å². The predicted octanol–water partition coefficient (Wildman–Crippen LogP) is 6.21. The molecule has 2 nitrogen and oxygen atoms in total. The molecule has 2 aromatic rings. The maximum Gasteiger partial charge on any atom is 0.161 e. The lowest BCUT2D eigenvalue weighted by atomic mass is 10.0. The molecule has 0 saturated carbocycles. The molecule has 0 aromatic heterocycles. The van der Waals surface area contributed by atoms with Crippen LogP contribution in [0.3, 0.4) is 0 Å². The van der Waals surface area contributed by atoms with Crippen LogP contribution in [0.1, 0.15) is 16.0 Å². The van der Waals surface area contributed by atoms with Gasteiger partial charge >= 0.3 is 0 Å². The first-order chi connectivity index (χ1) is 9.97. The van der Waals surface area contributed by atoms with E-state index in [2.05, 4.69) is 60.5 Å². The minimum absolute atomic E-state index is 0.00109. The highest BCUT2D eigenvalue weighted by Crippen LogP contribution is 2.42. The van der Waals surface area contributed by atoms with Gasteiger partial charge in [0.25, 0.3) is 0 Å².